The van der Waals surface area contributed by atoms with Gasteiger partial charge in [0.2, 0.25) is 0 Å². The van der Waals surface area contributed by atoms with Crippen molar-refractivity contribution >= 4 is 11.8 Å². The molecule has 2 fully saturated rings. The molecule has 0 spiro atoms. The van der Waals surface area contributed by atoms with Crippen molar-refractivity contribution in [3.05, 3.63) is 23.2 Å². The minimum Gasteiger partial charge on any atom is -0.456 e. The fourth-order valence-corrected chi connectivity index (χ4v) is 5.65. The van der Waals surface area contributed by atoms with Gasteiger partial charge < -0.3 is 15.1 Å². The second-order valence-electron chi connectivity index (χ2n) is 9.84. The first-order valence-electron chi connectivity index (χ1n) is 12.4. The third kappa shape index (κ3) is 5.89. The van der Waals surface area contributed by atoms with E-state index in [0.717, 1.165) is 88.4 Å². The van der Waals surface area contributed by atoms with Crippen LogP contribution < -0.4 is 10.6 Å². The Hall–Kier alpha value is -1.85. The van der Waals surface area contributed by atoms with Crippen molar-refractivity contribution in [1.29, 1.82) is 0 Å². The second kappa shape index (κ2) is 10.6. The summed E-state index contributed by atoms with van der Waals surface area (Å²) in [4.78, 5) is 25.1. The van der Waals surface area contributed by atoms with Crippen LogP contribution in [0.2, 0.25) is 0 Å². The summed E-state index contributed by atoms with van der Waals surface area (Å²) in [6, 6.07) is 1.88. The number of rotatable bonds is 7. The van der Waals surface area contributed by atoms with Crippen LogP contribution in [0.3, 0.4) is 0 Å². The number of fused-ring (bicyclic) bond motifs is 1. The summed E-state index contributed by atoms with van der Waals surface area (Å²) < 4.78 is 20.3. The predicted octanol–water partition coefficient (Wildman–Crippen LogP) is 4.87. The van der Waals surface area contributed by atoms with Crippen LogP contribution in [-0.4, -0.2) is 30.6 Å². The molecular formula is C25H37FN2O3. The molecule has 1 aromatic heterocycles. The first-order chi connectivity index (χ1) is 15.1. The Morgan fingerprint density at radius 3 is 2.55 bits per heavy atom. The van der Waals surface area contributed by atoms with Crippen molar-refractivity contribution in [3.63, 3.8) is 0 Å². The number of aryl methyl sites for hydroxylation is 2. The van der Waals surface area contributed by atoms with Gasteiger partial charge in [-0.1, -0.05) is 44.9 Å². The number of hydrogen-bond donors (Lipinski definition) is 2. The molecule has 0 aromatic carbocycles. The highest BCUT2D eigenvalue weighted by molar-refractivity contribution is 5.92. The van der Waals surface area contributed by atoms with Gasteiger partial charge in [0.25, 0.3) is 11.8 Å². The second-order valence-corrected chi connectivity index (χ2v) is 9.84. The van der Waals surface area contributed by atoms with Crippen molar-refractivity contribution < 1.29 is 18.4 Å². The van der Waals surface area contributed by atoms with Crippen LogP contribution in [0.1, 0.15) is 98.9 Å². The molecule has 3 atom stereocenters. The third-order valence-electron chi connectivity index (χ3n) is 7.53. The van der Waals surface area contributed by atoms with Gasteiger partial charge in [-0.05, 0) is 62.0 Å². The van der Waals surface area contributed by atoms with Gasteiger partial charge in [-0.3, -0.25) is 9.59 Å². The lowest BCUT2D eigenvalue weighted by Gasteiger charge is -2.32. The smallest absolute Gasteiger partial charge is 0.287 e. The first kappa shape index (κ1) is 22.3. The molecule has 2 N–H and O–H groups in total. The number of carbonyl (C=O) groups excluding carboxylic acids is 2. The normalized spacial score (nSPS) is 25.5. The van der Waals surface area contributed by atoms with E-state index in [1.807, 2.05) is 6.07 Å². The molecule has 0 bridgehead atoms. The lowest BCUT2D eigenvalue weighted by molar-refractivity contribution is -0.126. The summed E-state index contributed by atoms with van der Waals surface area (Å²) in [5.74, 6) is 1.18. The van der Waals surface area contributed by atoms with Crippen LogP contribution in [0.25, 0.3) is 0 Å². The van der Waals surface area contributed by atoms with Crippen LogP contribution in [0.4, 0.5) is 4.39 Å². The minimum atomic E-state index is -1.42. The number of furan rings is 1. The molecule has 6 heteroatoms. The standard InChI is InChI=1S/C25H37FN2O3/c26-20(14-17-8-2-1-3-9-17)24(29)27-16-19-11-4-6-12-21(19)28-25(30)23-15-18-10-5-7-13-22(18)31-23/h15,17,19-21H,1-14,16H2,(H,27,29)(H,28,30). The molecule has 172 valence electrons. The van der Waals surface area contributed by atoms with Gasteiger partial charge >= 0.3 is 0 Å². The molecule has 3 unspecified atom stereocenters. The molecular weight excluding hydrogens is 395 g/mol. The maximum atomic E-state index is 14.5. The Morgan fingerprint density at radius 1 is 1.00 bits per heavy atom. The van der Waals surface area contributed by atoms with Gasteiger partial charge in [0.15, 0.2) is 11.9 Å². The van der Waals surface area contributed by atoms with Gasteiger partial charge in [-0.25, -0.2) is 4.39 Å². The highest BCUT2D eigenvalue weighted by atomic mass is 19.1. The number of nitrogens with one attached hydrogen (secondary N) is 2. The van der Waals surface area contributed by atoms with E-state index in [1.165, 1.54) is 6.42 Å². The van der Waals surface area contributed by atoms with E-state index in [-0.39, 0.29) is 17.9 Å². The van der Waals surface area contributed by atoms with Gasteiger partial charge in [-0.15, -0.1) is 0 Å². The molecule has 1 heterocycles. The predicted molar refractivity (Wildman–Crippen MR) is 118 cm³/mol. The largest absolute Gasteiger partial charge is 0.456 e. The number of alkyl halides is 1. The maximum Gasteiger partial charge on any atom is 0.287 e. The minimum absolute atomic E-state index is 0.0138. The summed E-state index contributed by atoms with van der Waals surface area (Å²) in [5, 5.41) is 5.97. The Kier molecular flexibility index (Phi) is 7.67. The first-order valence-corrected chi connectivity index (χ1v) is 12.4. The third-order valence-corrected chi connectivity index (χ3v) is 7.53. The van der Waals surface area contributed by atoms with E-state index in [9.17, 15) is 14.0 Å². The number of halogens is 1. The molecule has 3 aliphatic carbocycles. The topological polar surface area (TPSA) is 71.3 Å². The molecule has 2 saturated carbocycles. The zero-order chi connectivity index (χ0) is 21.6. The lowest BCUT2D eigenvalue weighted by atomic mass is 9.84. The summed E-state index contributed by atoms with van der Waals surface area (Å²) in [6.45, 7) is 0.420. The molecule has 31 heavy (non-hydrogen) atoms. The maximum absolute atomic E-state index is 14.5. The molecule has 1 aromatic rings. The zero-order valence-corrected chi connectivity index (χ0v) is 18.6. The molecule has 0 saturated heterocycles. The zero-order valence-electron chi connectivity index (χ0n) is 18.6. The monoisotopic (exact) mass is 432 g/mol. The van der Waals surface area contributed by atoms with Crippen molar-refractivity contribution in [3.8, 4) is 0 Å². The van der Waals surface area contributed by atoms with Crippen LogP contribution in [0.15, 0.2) is 10.5 Å². The van der Waals surface area contributed by atoms with E-state index in [0.29, 0.717) is 24.6 Å². The van der Waals surface area contributed by atoms with E-state index >= 15 is 0 Å². The highest BCUT2D eigenvalue weighted by Crippen LogP contribution is 2.29. The Morgan fingerprint density at radius 2 is 1.74 bits per heavy atom. The SMILES string of the molecule is O=C(NC1CCCCC1CNC(=O)C(F)CC1CCCCC1)c1cc2c(o1)CCCC2. The Bertz CT molecular complexity index is 732. The summed E-state index contributed by atoms with van der Waals surface area (Å²) >= 11 is 0. The van der Waals surface area contributed by atoms with Gasteiger partial charge in [0, 0.05) is 19.0 Å². The van der Waals surface area contributed by atoms with E-state index < -0.39 is 12.1 Å². The number of hydrogen-bond acceptors (Lipinski definition) is 3. The van der Waals surface area contributed by atoms with Crippen LogP contribution in [0, 0.1) is 11.8 Å². The molecule has 0 aliphatic heterocycles. The van der Waals surface area contributed by atoms with E-state index in [1.54, 1.807) is 0 Å². The lowest BCUT2D eigenvalue weighted by Crippen LogP contribution is -2.47. The average molecular weight is 433 g/mol. The van der Waals surface area contributed by atoms with Gasteiger partial charge in [0.05, 0.1) is 0 Å². The van der Waals surface area contributed by atoms with Gasteiger partial charge in [-0.2, -0.15) is 0 Å². The fraction of sp³-hybridized carbons (Fsp3) is 0.760. The fourth-order valence-electron chi connectivity index (χ4n) is 5.65. The van der Waals surface area contributed by atoms with Crippen molar-refractivity contribution in [2.75, 3.05) is 6.54 Å². The number of carbonyl (C=O) groups is 2. The molecule has 3 aliphatic rings. The van der Waals surface area contributed by atoms with Crippen molar-refractivity contribution in [2.45, 2.75) is 102 Å². The van der Waals surface area contributed by atoms with E-state index in [2.05, 4.69) is 10.6 Å². The van der Waals surface area contributed by atoms with Crippen molar-refractivity contribution in [2.24, 2.45) is 11.8 Å². The molecule has 0 radical (unpaired) electrons. The molecule has 4 rings (SSSR count). The Balaban J connectivity index is 1.27. The van der Waals surface area contributed by atoms with Crippen LogP contribution >= 0.6 is 0 Å². The van der Waals surface area contributed by atoms with E-state index in [4.69, 9.17) is 4.42 Å². The molecule has 2 amide bonds. The Labute approximate surface area is 184 Å². The van der Waals surface area contributed by atoms with Gasteiger partial charge in [0.1, 0.15) is 5.76 Å². The van der Waals surface area contributed by atoms with Crippen LogP contribution in [-0.2, 0) is 17.6 Å². The summed E-state index contributed by atoms with van der Waals surface area (Å²) in [6.07, 6.45) is 12.6. The number of amides is 2. The molecule has 5 nitrogen and oxygen atoms in total. The quantitative estimate of drug-likeness (QED) is 0.646. The van der Waals surface area contributed by atoms with Crippen molar-refractivity contribution in [1.82, 2.24) is 10.6 Å². The average Bonchev–Trinajstić information content (AvgIpc) is 3.23. The summed E-state index contributed by atoms with van der Waals surface area (Å²) in [5.41, 5.74) is 1.16. The highest BCUT2D eigenvalue weighted by Gasteiger charge is 2.30. The summed E-state index contributed by atoms with van der Waals surface area (Å²) in [7, 11) is 0. The van der Waals surface area contributed by atoms with Crippen LogP contribution in [0.5, 0.6) is 0 Å².